The van der Waals surface area contributed by atoms with Crippen LogP contribution >= 0.6 is 0 Å². The van der Waals surface area contributed by atoms with Crippen LogP contribution in [0.5, 0.6) is 0 Å². The van der Waals surface area contributed by atoms with Crippen LogP contribution < -0.4 is 0 Å². The molecule has 26 heavy (non-hydrogen) atoms. The Morgan fingerprint density at radius 3 is 2.50 bits per heavy atom. The van der Waals surface area contributed by atoms with Crippen molar-refractivity contribution in [3.05, 3.63) is 64.6 Å². The second kappa shape index (κ2) is 6.59. The molecule has 0 N–H and O–H groups in total. The molecule has 1 amide bonds. The lowest BCUT2D eigenvalue weighted by molar-refractivity contribution is -0.384. The zero-order chi connectivity index (χ0) is 18.1. The summed E-state index contributed by atoms with van der Waals surface area (Å²) in [6.07, 6.45) is 6.68. The van der Waals surface area contributed by atoms with E-state index >= 15 is 0 Å². The third-order valence-electron chi connectivity index (χ3n) is 4.79. The van der Waals surface area contributed by atoms with Gasteiger partial charge in [0.15, 0.2) is 0 Å². The van der Waals surface area contributed by atoms with Crippen molar-refractivity contribution in [1.29, 1.82) is 0 Å². The number of fused-ring (bicyclic) bond motifs is 1. The highest BCUT2D eigenvalue weighted by Gasteiger charge is 2.22. The molecular weight excluding hydrogens is 332 g/mol. The maximum atomic E-state index is 12.8. The molecule has 7 heteroatoms. The normalized spacial score (nSPS) is 14.5. The fraction of sp³-hybridized carbons (Fsp3) is 0.263. The van der Waals surface area contributed by atoms with Gasteiger partial charge in [-0.25, -0.2) is 4.98 Å². The van der Waals surface area contributed by atoms with Crippen LogP contribution in [0.25, 0.3) is 16.8 Å². The SMILES string of the molecule is O=C(c1cnc2c(-c3ccc([N+](=O)[O-])cc3)cccn12)N1CCCCC1. The Morgan fingerprint density at radius 2 is 1.81 bits per heavy atom. The molecule has 7 nitrogen and oxygen atoms in total. The zero-order valence-corrected chi connectivity index (χ0v) is 14.2. The Labute approximate surface area is 150 Å². The smallest absolute Gasteiger partial charge is 0.272 e. The number of aromatic nitrogens is 2. The number of nitro benzene ring substituents is 1. The number of benzene rings is 1. The van der Waals surface area contributed by atoms with Gasteiger partial charge in [0, 0.05) is 37.0 Å². The summed E-state index contributed by atoms with van der Waals surface area (Å²) in [6, 6.07) is 10.1. The van der Waals surface area contributed by atoms with E-state index in [0.29, 0.717) is 11.3 Å². The molecule has 0 saturated carbocycles. The summed E-state index contributed by atoms with van der Waals surface area (Å²) >= 11 is 0. The second-order valence-electron chi connectivity index (χ2n) is 6.42. The predicted octanol–water partition coefficient (Wildman–Crippen LogP) is 3.54. The lowest BCUT2D eigenvalue weighted by atomic mass is 10.1. The molecule has 1 aromatic carbocycles. The first-order chi connectivity index (χ1) is 12.6. The molecule has 2 aromatic heterocycles. The van der Waals surface area contributed by atoms with E-state index in [0.717, 1.165) is 37.1 Å². The highest BCUT2D eigenvalue weighted by atomic mass is 16.6. The molecule has 0 radical (unpaired) electrons. The van der Waals surface area contributed by atoms with Crippen LogP contribution in [0.1, 0.15) is 29.8 Å². The average Bonchev–Trinajstić information content (AvgIpc) is 3.12. The second-order valence-corrected chi connectivity index (χ2v) is 6.42. The van der Waals surface area contributed by atoms with E-state index in [4.69, 9.17) is 0 Å². The molecular formula is C19H18N4O3. The van der Waals surface area contributed by atoms with Gasteiger partial charge in [0.05, 0.1) is 11.1 Å². The highest BCUT2D eigenvalue weighted by Crippen LogP contribution is 2.27. The molecule has 3 heterocycles. The maximum absolute atomic E-state index is 12.8. The van der Waals surface area contributed by atoms with Crippen molar-refractivity contribution >= 4 is 17.2 Å². The van der Waals surface area contributed by atoms with Crippen molar-refractivity contribution in [1.82, 2.24) is 14.3 Å². The van der Waals surface area contributed by atoms with Crippen molar-refractivity contribution < 1.29 is 9.72 Å². The Hall–Kier alpha value is -3.22. The number of hydrogen-bond acceptors (Lipinski definition) is 4. The number of carbonyl (C=O) groups excluding carboxylic acids is 1. The van der Waals surface area contributed by atoms with E-state index in [2.05, 4.69) is 4.98 Å². The summed E-state index contributed by atoms with van der Waals surface area (Å²) < 4.78 is 1.80. The maximum Gasteiger partial charge on any atom is 0.272 e. The molecule has 132 valence electrons. The van der Waals surface area contributed by atoms with Gasteiger partial charge in [0.1, 0.15) is 11.3 Å². The van der Waals surface area contributed by atoms with Crippen molar-refractivity contribution in [3.63, 3.8) is 0 Å². The molecule has 3 aromatic rings. The minimum absolute atomic E-state index is 0.00181. The van der Waals surface area contributed by atoms with Crippen molar-refractivity contribution in [2.24, 2.45) is 0 Å². The largest absolute Gasteiger partial charge is 0.337 e. The average molecular weight is 350 g/mol. The number of amides is 1. The van der Waals surface area contributed by atoms with Crippen LogP contribution in [0, 0.1) is 10.1 Å². The summed E-state index contributed by atoms with van der Waals surface area (Å²) in [6.45, 7) is 1.57. The third kappa shape index (κ3) is 2.81. The third-order valence-corrected chi connectivity index (χ3v) is 4.79. The standard InChI is InChI=1S/C19H18N4O3/c24-19(21-10-2-1-3-11-21)17-13-20-18-16(5-4-12-22(17)18)14-6-8-15(9-7-14)23(25)26/h4-9,12-13H,1-3,10-11H2. The molecule has 1 aliphatic rings. The number of imidazole rings is 1. The lowest BCUT2D eigenvalue weighted by Crippen LogP contribution is -2.36. The van der Waals surface area contributed by atoms with Gasteiger partial charge >= 0.3 is 0 Å². The first-order valence-electron chi connectivity index (χ1n) is 8.65. The van der Waals surface area contributed by atoms with E-state index in [9.17, 15) is 14.9 Å². The zero-order valence-electron chi connectivity index (χ0n) is 14.2. The van der Waals surface area contributed by atoms with E-state index in [1.165, 1.54) is 18.6 Å². The fourth-order valence-corrected chi connectivity index (χ4v) is 3.42. The first kappa shape index (κ1) is 16.3. The Kier molecular flexibility index (Phi) is 4.12. The van der Waals surface area contributed by atoms with Crippen LogP contribution in [0.4, 0.5) is 5.69 Å². The number of rotatable bonds is 3. The minimum atomic E-state index is -0.421. The minimum Gasteiger partial charge on any atom is -0.337 e. The lowest BCUT2D eigenvalue weighted by Gasteiger charge is -2.26. The fourth-order valence-electron chi connectivity index (χ4n) is 3.42. The topological polar surface area (TPSA) is 80.7 Å². The van der Waals surface area contributed by atoms with Crippen LogP contribution in [-0.2, 0) is 0 Å². The number of piperidine rings is 1. The number of nitrogens with zero attached hydrogens (tertiary/aromatic N) is 4. The van der Waals surface area contributed by atoms with Gasteiger partial charge in [-0.1, -0.05) is 0 Å². The molecule has 1 aliphatic heterocycles. The van der Waals surface area contributed by atoms with Crippen LogP contribution in [0.15, 0.2) is 48.8 Å². The Balaban J connectivity index is 1.73. The summed E-state index contributed by atoms with van der Waals surface area (Å²) in [4.78, 5) is 29.6. The number of nitro groups is 1. The molecule has 0 atom stereocenters. The predicted molar refractivity (Wildman–Crippen MR) is 97.0 cm³/mol. The number of hydrogen-bond donors (Lipinski definition) is 0. The van der Waals surface area contributed by atoms with Crippen molar-refractivity contribution in [2.45, 2.75) is 19.3 Å². The molecule has 0 bridgehead atoms. The number of non-ortho nitro benzene ring substituents is 1. The van der Waals surface area contributed by atoms with E-state index in [1.807, 2.05) is 23.2 Å². The highest BCUT2D eigenvalue weighted by molar-refractivity contribution is 5.94. The van der Waals surface area contributed by atoms with Crippen molar-refractivity contribution in [2.75, 3.05) is 13.1 Å². The monoisotopic (exact) mass is 350 g/mol. The number of pyridine rings is 1. The Morgan fingerprint density at radius 1 is 1.08 bits per heavy atom. The van der Waals surface area contributed by atoms with Crippen molar-refractivity contribution in [3.8, 4) is 11.1 Å². The Bertz CT molecular complexity index is 972. The molecule has 0 spiro atoms. The van der Waals surface area contributed by atoms with E-state index in [1.54, 1.807) is 22.7 Å². The van der Waals surface area contributed by atoms with Gasteiger partial charge in [-0.15, -0.1) is 0 Å². The van der Waals surface area contributed by atoms with Crippen LogP contribution in [-0.4, -0.2) is 38.2 Å². The van der Waals surface area contributed by atoms with Gasteiger partial charge in [-0.05, 0) is 49.1 Å². The molecule has 4 rings (SSSR count). The van der Waals surface area contributed by atoms with Crippen LogP contribution in [0.3, 0.4) is 0 Å². The summed E-state index contributed by atoms with van der Waals surface area (Å²) in [5.74, 6) is -0.00181. The molecule has 1 saturated heterocycles. The number of carbonyl (C=O) groups is 1. The summed E-state index contributed by atoms with van der Waals surface area (Å²) in [5.41, 5.74) is 2.92. The van der Waals surface area contributed by atoms with Gasteiger partial charge < -0.3 is 4.90 Å². The van der Waals surface area contributed by atoms with Gasteiger partial charge in [0.2, 0.25) is 0 Å². The van der Waals surface area contributed by atoms with E-state index < -0.39 is 4.92 Å². The molecule has 1 fully saturated rings. The molecule has 0 aliphatic carbocycles. The summed E-state index contributed by atoms with van der Waals surface area (Å²) in [7, 11) is 0. The van der Waals surface area contributed by atoms with Crippen LogP contribution in [0.2, 0.25) is 0 Å². The van der Waals surface area contributed by atoms with Gasteiger partial charge in [-0.3, -0.25) is 19.3 Å². The molecule has 0 unspecified atom stereocenters. The quantitative estimate of drug-likeness (QED) is 0.534. The number of likely N-dealkylation sites (tertiary alicyclic amines) is 1. The van der Waals surface area contributed by atoms with Gasteiger partial charge in [0.25, 0.3) is 11.6 Å². The van der Waals surface area contributed by atoms with E-state index in [-0.39, 0.29) is 11.6 Å². The van der Waals surface area contributed by atoms with Gasteiger partial charge in [-0.2, -0.15) is 0 Å². The summed E-state index contributed by atoms with van der Waals surface area (Å²) in [5, 5.41) is 10.8. The first-order valence-corrected chi connectivity index (χ1v) is 8.65.